The van der Waals surface area contributed by atoms with E-state index in [-0.39, 0.29) is 17.6 Å². The first kappa shape index (κ1) is 12.2. The van der Waals surface area contributed by atoms with Crippen LogP contribution in [0.2, 0.25) is 0 Å². The van der Waals surface area contributed by atoms with Crippen LogP contribution in [0.4, 0.5) is 0 Å². The summed E-state index contributed by atoms with van der Waals surface area (Å²) in [6.07, 6.45) is 4.18. The Balaban J connectivity index is 2.53. The molecule has 1 aliphatic rings. The van der Waals surface area contributed by atoms with E-state index in [1.165, 1.54) is 0 Å². The number of rotatable bonds is 4. The van der Waals surface area contributed by atoms with E-state index in [4.69, 9.17) is 0 Å². The van der Waals surface area contributed by atoms with Crippen LogP contribution in [0.1, 0.15) is 52.9 Å². The van der Waals surface area contributed by atoms with Gasteiger partial charge in [0.05, 0.1) is 5.54 Å². The molecule has 1 aliphatic carbocycles. The summed E-state index contributed by atoms with van der Waals surface area (Å²) in [4.78, 5) is 23.4. The van der Waals surface area contributed by atoms with Crippen LogP contribution in [-0.2, 0) is 9.59 Å². The molecule has 86 valence electrons. The lowest BCUT2D eigenvalue weighted by atomic mass is 9.97. The SMILES string of the molecule is CCCC(C)C(=O)NC1(C)CCCC1=O. The number of carbonyl (C=O) groups is 2. The number of nitrogens with one attached hydrogen (secondary N) is 1. The van der Waals surface area contributed by atoms with Crippen molar-refractivity contribution < 1.29 is 9.59 Å². The maximum atomic E-state index is 11.8. The molecule has 15 heavy (non-hydrogen) atoms. The molecule has 1 saturated carbocycles. The topological polar surface area (TPSA) is 46.2 Å². The number of amides is 1. The van der Waals surface area contributed by atoms with Crippen molar-refractivity contribution in [3.8, 4) is 0 Å². The second-order valence-electron chi connectivity index (χ2n) is 4.79. The van der Waals surface area contributed by atoms with Gasteiger partial charge in [0.1, 0.15) is 0 Å². The number of Topliss-reactive ketones (excluding diaryl/α,β-unsaturated/α-hetero) is 1. The standard InChI is InChI=1S/C12H21NO2/c1-4-6-9(2)11(15)13-12(3)8-5-7-10(12)14/h9H,4-8H2,1-3H3,(H,13,15). The Morgan fingerprint density at radius 1 is 1.60 bits per heavy atom. The third kappa shape index (κ3) is 2.80. The lowest BCUT2D eigenvalue weighted by molar-refractivity contribution is -0.132. The number of hydrogen-bond acceptors (Lipinski definition) is 2. The zero-order valence-corrected chi connectivity index (χ0v) is 9.93. The summed E-state index contributed by atoms with van der Waals surface area (Å²) in [7, 11) is 0. The number of carbonyl (C=O) groups excluding carboxylic acids is 2. The van der Waals surface area contributed by atoms with Gasteiger partial charge in [-0.1, -0.05) is 20.3 Å². The molecule has 0 aliphatic heterocycles. The summed E-state index contributed by atoms with van der Waals surface area (Å²) in [6, 6.07) is 0. The van der Waals surface area contributed by atoms with E-state index >= 15 is 0 Å². The Morgan fingerprint density at radius 2 is 2.27 bits per heavy atom. The fraction of sp³-hybridized carbons (Fsp3) is 0.833. The van der Waals surface area contributed by atoms with Crippen molar-refractivity contribution in [3.63, 3.8) is 0 Å². The maximum absolute atomic E-state index is 11.8. The van der Waals surface area contributed by atoms with Crippen LogP contribution in [0, 0.1) is 5.92 Å². The Hall–Kier alpha value is -0.860. The van der Waals surface area contributed by atoms with E-state index < -0.39 is 5.54 Å². The number of ketones is 1. The van der Waals surface area contributed by atoms with Crippen molar-refractivity contribution in [1.82, 2.24) is 5.32 Å². The van der Waals surface area contributed by atoms with Crippen molar-refractivity contribution in [2.75, 3.05) is 0 Å². The highest BCUT2D eigenvalue weighted by molar-refractivity contribution is 5.94. The van der Waals surface area contributed by atoms with Gasteiger partial charge < -0.3 is 5.32 Å². The van der Waals surface area contributed by atoms with Gasteiger partial charge in [-0.3, -0.25) is 9.59 Å². The summed E-state index contributed by atoms with van der Waals surface area (Å²) in [5.41, 5.74) is -0.584. The molecule has 0 spiro atoms. The molecular formula is C12H21NO2. The minimum absolute atomic E-state index is 0.0141. The van der Waals surface area contributed by atoms with E-state index in [9.17, 15) is 9.59 Å². The van der Waals surface area contributed by atoms with Gasteiger partial charge in [0.15, 0.2) is 5.78 Å². The van der Waals surface area contributed by atoms with Gasteiger partial charge in [-0.2, -0.15) is 0 Å². The van der Waals surface area contributed by atoms with E-state index in [0.29, 0.717) is 6.42 Å². The highest BCUT2D eigenvalue weighted by Gasteiger charge is 2.38. The Labute approximate surface area is 91.6 Å². The van der Waals surface area contributed by atoms with Crippen molar-refractivity contribution in [2.45, 2.75) is 58.4 Å². The average Bonchev–Trinajstić information content (AvgIpc) is 2.47. The van der Waals surface area contributed by atoms with Gasteiger partial charge in [-0.05, 0) is 26.2 Å². The second kappa shape index (κ2) is 4.77. The van der Waals surface area contributed by atoms with Crippen molar-refractivity contribution >= 4 is 11.7 Å². The van der Waals surface area contributed by atoms with Gasteiger partial charge in [0.2, 0.25) is 5.91 Å². The summed E-state index contributed by atoms with van der Waals surface area (Å²) in [5.74, 6) is 0.217. The summed E-state index contributed by atoms with van der Waals surface area (Å²) in [5, 5.41) is 2.90. The van der Waals surface area contributed by atoms with Crippen LogP contribution in [0.5, 0.6) is 0 Å². The van der Waals surface area contributed by atoms with Crippen molar-refractivity contribution in [3.05, 3.63) is 0 Å². The van der Waals surface area contributed by atoms with Crippen LogP contribution in [0.15, 0.2) is 0 Å². The van der Waals surface area contributed by atoms with E-state index in [0.717, 1.165) is 25.7 Å². The van der Waals surface area contributed by atoms with E-state index in [2.05, 4.69) is 12.2 Å². The van der Waals surface area contributed by atoms with Crippen molar-refractivity contribution in [1.29, 1.82) is 0 Å². The van der Waals surface area contributed by atoms with Crippen LogP contribution < -0.4 is 5.32 Å². The monoisotopic (exact) mass is 211 g/mol. The molecule has 1 N–H and O–H groups in total. The highest BCUT2D eigenvalue weighted by Crippen LogP contribution is 2.26. The molecule has 0 aromatic rings. The number of hydrogen-bond donors (Lipinski definition) is 1. The molecular weight excluding hydrogens is 190 g/mol. The third-order valence-corrected chi connectivity index (χ3v) is 3.26. The van der Waals surface area contributed by atoms with E-state index in [1.54, 1.807) is 0 Å². The summed E-state index contributed by atoms with van der Waals surface area (Å²) in [6.45, 7) is 5.83. The first-order chi connectivity index (χ1) is 6.99. The largest absolute Gasteiger partial charge is 0.344 e. The zero-order chi connectivity index (χ0) is 11.5. The molecule has 0 aromatic carbocycles. The van der Waals surface area contributed by atoms with Crippen LogP contribution in [0.3, 0.4) is 0 Å². The molecule has 0 aromatic heterocycles. The van der Waals surface area contributed by atoms with Gasteiger partial charge in [-0.15, -0.1) is 0 Å². The maximum Gasteiger partial charge on any atom is 0.223 e. The first-order valence-electron chi connectivity index (χ1n) is 5.85. The Bertz CT molecular complexity index is 262. The van der Waals surface area contributed by atoms with Crippen molar-refractivity contribution in [2.24, 2.45) is 5.92 Å². The van der Waals surface area contributed by atoms with Gasteiger partial charge in [-0.25, -0.2) is 0 Å². The van der Waals surface area contributed by atoms with Crippen LogP contribution in [-0.4, -0.2) is 17.2 Å². The predicted octanol–water partition coefficient (Wildman–Crippen LogP) is 2.05. The molecule has 2 atom stereocenters. The zero-order valence-electron chi connectivity index (χ0n) is 9.93. The smallest absolute Gasteiger partial charge is 0.223 e. The normalized spacial score (nSPS) is 27.8. The molecule has 2 unspecified atom stereocenters. The van der Waals surface area contributed by atoms with Gasteiger partial charge >= 0.3 is 0 Å². The minimum Gasteiger partial charge on any atom is -0.344 e. The Kier molecular flexibility index (Phi) is 3.89. The summed E-state index contributed by atoms with van der Waals surface area (Å²) < 4.78 is 0. The highest BCUT2D eigenvalue weighted by atomic mass is 16.2. The Morgan fingerprint density at radius 3 is 2.73 bits per heavy atom. The first-order valence-corrected chi connectivity index (χ1v) is 5.85. The third-order valence-electron chi connectivity index (χ3n) is 3.26. The fourth-order valence-corrected chi connectivity index (χ4v) is 2.11. The lowest BCUT2D eigenvalue weighted by Gasteiger charge is -2.25. The van der Waals surface area contributed by atoms with E-state index in [1.807, 2.05) is 13.8 Å². The summed E-state index contributed by atoms with van der Waals surface area (Å²) >= 11 is 0. The van der Waals surface area contributed by atoms with Crippen LogP contribution in [0.25, 0.3) is 0 Å². The molecule has 0 bridgehead atoms. The molecule has 3 heteroatoms. The molecule has 0 saturated heterocycles. The second-order valence-corrected chi connectivity index (χ2v) is 4.79. The lowest BCUT2D eigenvalue weighted by Crippen LogP contribution is -2.50. The van der Waals surface area contributed by atoms with Gasteiger partial charge in [0.25, 0.3) is 0 Å². The minimum atomic E-state index is -0.584. The van der Waals surface area contributed by atoms with Gasteiger partial charge in [0, 0.05) is 12.3 Å². The fourth-order valence-electron chi connectivity index (χ4n) is 2.11. The molecule has 0 radical (unpaired) electrons. The predicted molar refractivity (Wildman–Crippen MR) is 59.5 cm³/mol. The quantitative estimate of drug-likeness (QED) is 0.773. The molecule has 0 heterocycles. The molecule has 3 nitrogen and oxygen atoms in total. The average molecular weight is 211 g/mol. The molecule has 1 fully saturated rings. The molecule has 1 rings (SSSR count). The van der Waals surface area contributed by atoms with Crippen LogP contribution >= 0.6 is 0 Å². The molecule has 1 amide bonds.